The van der Waals surface area contributed by atoms with Gasteiger partial charge in [-0.25, -0.2) is 8.42 Å². The molecule has 27 heavy (non-hydrogen) atoms. The summed E-state index contributed by atoms with van der Waals surface area (Å²) in [7, 11) is -3.62. The van der Waals surface area contributed by atoms with Gasteiger partial charge in [-0.15, -0.1) is 0 Å². The Hall–Kier alpha value is -2.34. The molecular formula is C21H24N2O3S. The molecule has 2 heterocycles. The molecule has 0 bridgehead atoms. The van der Waals surface area contributed by atoms with Gasteiger partial charge in [0.2, 0.25) is 0 Å². The van der Waals surface area contributed by atoms with E-state index in [4.69, 9.17) is 0 Å². The molecule has 0 spiro atoms. The fourth-order valence-corrected chi connectivity index (χ4v) is 5.80. The second-order valence-corrected chi connectivity index (χ2v) is 9.18. The van der Waals surface area contributed by atoms with E-state index in [9.17, 15) is 13.2 Å². The fourth-order valence-electron chi connectivity index (χ4n) is 4.09. The van der Waals surface area contributed by atoms with Crippen molar-refractivity contribution in [2.24, 2.45) is 0 Å². The predicted molar refractivity (Wildman–Crippen MR) is 105 cm³/mol. The molecular weight excluding hydrogens is 360 g/mol. The number of hydrogen-bond acceptors (Lipinski definition) is 3. The molecule has 4 rings (SSSR count). The zero-order valence-corrected chi connectivity index (χ0v) is 16.3. The van der Waals surface area contributed by atoms with E-state index in [1.165, 1.54) is 10.7 Å². The number of amides is 1. The SMILES string of the molecule is C[C@H]1Cc2cc(C(=O)N3CCCCC3)ccc2N1S(=O)(=O)c1ccccc1. The van der Waals surface area contributed by atoms with Crippen LogP contribution in [0.1, 0.15) is 42.1 Å². The number of carbonyl (C=O) groups excluding carboxylic acids is 1. The first-order chi connectivity index (χ1) is 13.0. The molecule has 0 saturated carbocycles. The molecule has 0 unspecified atom stereocenters. The van der Waals surface area contributed by atoms with Crippen molar-refractivity contribution in [1.82, 2.24) is 4.90 Å². The minimum absolute atomic E-state index is 0.0505. The summed E-state index contributed by atoms with van der Waals surface area (Å²) >= 11 is 0. The predicted octanol–water partition coefficient (Wildman–Crippen LogP) is 3.45. The lowest BCUT2D eigenvalue weighted by molar-refractivity contribution is 0.0724. The van der Waals surface area contributed by atoms with Gasteiger partial charge in [0.1, 0.15) is 0 Å². The van der Waals surface area contributed by atoms with Crippen LogP contribution in [0.5, 0.6) is 0 Å². The van der Waals surface area contributed by atoms with Crippen LogP contribution in [0, 0.1) is 0 Å². The molecule has 1 atom stereocenters. The number of anilines is 1. The zero-order valence-electron chi connectivity index (χ0n) is 15.5. The van der Waals surface area contributed by atoms with Crippen LogP contribution in [0.15, 0.2) is 53.4 Å². The Bertz CT molecular complexity index is 951. The van der Waals surface area contributed by atoms with E-state index in [0.29, 0.717) is 17.7 Å². The highest BCUT2D eigenvalue weighted by molar-refractivity contribution is 7.92. The fraction of sp³-hybridized carbons (Fsp3) is 0.381. The lowest BCUT2D eigenvalue weighted by atomic mass is 10.0. The monoisotopic (exact) mass is 384 g/mol. The number of carbonyl (C=O) groups is 1. The first-order valence-corrected chi connectivity index (χ1v) is 10.9. The van der Waals surface area contributed by atoms with E-state index >= 15 is 0 Å². The minimum atomic E-state index is -3.62. The maximum atomic E-state index is 13.1. The molecule has 0 aromatic heterocycles. The van der Waals surface area contributed by atoms with E-state index in [0.717, 1.165) is 31.5 Å². The number of benzene rings is 2. The molecule has 2 aromatic carbocycles. The van der Waals surface area contributed by atoms with Crippen LogP contribution in [0.2, 0.25) is 0 Å². The summed E-state index contributed by atoms with van der Waals surface area (Å²) in [5.74, 6) is 0.0505. The molecule has 142 valence electrons. The van der Waals surface area contributed by atoms with Crippen LogP contribution in [0.4, 0.5) is 5.69 Å². The number of sulfonamides is 1. The van der Waals surface area contributed by atoms with Crippen molar-refractivity contribution >= 4 is 21.6 Å². The quantitative estimate of drug-likeness (QED) is 0.814. The Morgan fingerprint density at radius 3 is 2.41 bits per heavy atom. The molecule has 0 radical (unpaired) electrons. The topological polar surface area (TPSA) is 57.7 Å². The summed E-state index contributed by atoms with van der Waals surface area (Å²) < 4.78 is 27.7. The third-order valence-corrected chi connectivity index (χ3v) is 7.37. The van der Waals surface area contributed by atoms with Gasteiger partial charge in [-0.2, -0.15) is 0 Å². The number of likely N-dealkylation sites (tertiary alicyclic amines) is 1. The molecule has 2 aliphatic heterocycles. The number of fused-ring (bicyclic) bond motifs is 1. The maximum Gasteiger partial charge on any atom is 0.264 e. The third kappa shape index (κ3) is 3.23. The van der Waals surface area contributed by atoms with E-state index in [1.54, 1.807) is 42.5 Å². The number of hydrogen-bond donors (Lipinski definition) is 0. The Labute approximate surface area is 160 Å². The lowest BCUT2D eigenvalue weighted by Gasteiger charge is -2.27. The van der Waals surface area contributed by atoms with Crippen molar-refractivity contribution in [2.45, 2.75) is 43.5 Å². The highest BCUT2D eigenvalue weighted by Gasteiger charge is 2.36. The molecule has 5 nitrogen and oxygen atoms in total. The van der Waals surface area contributed by atoms with E-state index < -0.39 is 10.0 Å². The van der Waals surface area contributed by atoms with Crippen LogP contribution in [-0.2, 0) is 16.4 Å². The van der Waals surface area contributed by atoms with Crippen molar-refractivity contribution in [3.8, 4) is 0 Å². The van der Waals surface area contributed by atoms with Gasteiger partial charge in [0.25, 0.3) is 15.9 Å². The van der Waals surface area contributed by atoms with Crippen molar-refractivity contribution in [3.63, 3.8) is 0 Å². The number of rotatable bonds is 3. The van der Waals surface area contributed by atoms with Crippen LogP contribution < -0.4 is 4.31 Å². The number of piperidine rings is 1. The average molecular weight is 385 g/mol. The van der Waals surface area contributed by atoms with Crippen molar-refractivity contribution < 1.29 is 13.2 Å². The highest BCUT2D eigenvalue weighted by Crippen LogP contribution is 2.37. The zero-order chi connectivity index (χ0) is 19.0. The van der Waals surface area contributed by atoms with Gasteiger partial charge in [0.15, 0.2) is 0 Å². The van der Waals surface area contributed by atoms with E-state index in [1.807, 2.05) is 17.9 Å². The van der Waals surface area contributed by atoms with Crippen molar-refractivity contribution in [3.05, 3.63) is 59.7 Å². The molecule has 1 amide bonds. The largest absolute Gasteiger partial charge is 0.339 e. The molecule has 1 fully saturated rings. The minimum Gasteiger partial charge on any atom is -0.339 e. The van der Waals surface area contributed by atoms with Gasteiger partial charge < -0.3 is 4.90 Å². The first kappa shape index (κ1) is 18.0. The second-order valence-electron chi connectivity index (χ2n) is 7.36. The molecule has 2 aliphatic rings. The Balaban J connectivity index is 1.66. The van der Waals surface area contributed by atoms with Gasteiger partial charge >= 0.3 is 0 Å². The van der Waals surface area contributed by atoms with E-state index in [-0.39, 0.29) is 16.8 Å². The summed E-state index contributed by atoms with van der Waals surface area (Å²) in [5.41, 5.74) is 2.26. The Morgan fingerprint density at radius 1 is 1.00 bits per heavy atom. The van der Waals surface area contributed by atoms with Crippen LogP contribution in [0.3, 0.4) is 0 Å². The summed E-state index contributed by atoms with van der Waals surface area (Å²) in [5, 5.41) is 0. The Kier molecular flexibility index (Phi) is 4.68. The summed E-state index contributed by atoms with van der Waals surface area (Å²) in [6.07, 6.45) is 3.90. The third-order valence-electron chi connectivity index (χ3n) is 5.42. The number of nitrogens with zero attached hydrogens (tertiary/aromatic N) is 2. The van der Waals surface area contributed by atoms with Gasteiger partial charge in [-0.05, 0) is 68.5 Å². The van der Waals surface area contributed by atoms with Gasteiger partial charge in [-0.3, -0.25) is 9.10 Å². The van der Waals surface area contributed by atoms with Crippen molar-refractivity contribution in [1.29, 1.82) is 0 Å². The van der Waals surface area contributed by atoms with Crippen LogP contribution >= 0.6 is 0 Å². The summed E-state index contributed by atoms with van der Waals surface area (Å²) in [6.45, 7) is 3.52. The molecule has 2 aromatic rings. The molecule has 0 aliphatic carbocycles. The standard InChI is InChI=1S/C21H24N2O3S/c1-16-14-18-15-17(21(24)22-12-6-3-7-13-22)10-11-20(18)23(16)27(25,26)19-8-4-2-5-9-19/h2,4-5,8-11,15-16H,3,6-7,12-14H2,1H3/t16-/m0/s1. The van der Waals surface area contributed by atoms with Gasteiger partial charge in [0.05, 0.1) is 10.6 Å². The van der Waals surface area contributed by atoms with E-state index in [2.05, 4.69) is 0 Å². The average Bonchev–Trinajstić information content (AvgIpc) is 3.04. The highest BCUT2D eigenvalue weighted by atomic mass is 32.2. The van der Waals surface area contributed by atoms with Gasteiger partial charge in [0, 0.05) is 24.7 Å². The van der Waals surface area contributed by atoms with Gasteiger partial charge in [-0.1, -0.05) is 18.2 Å². The first-order valence-electron chi connectivity index (χ1n) is 9.50. The maximum absolute atomic E-state index is 13.1. The molecule has 6 heteroatoms. The van der Waals surface area contributed by atoms with Crippen LogP contribution in [-0.4, -0.2) is 38.4 Å². The van der Waals surface area contributed by atoms with Crippen molar-refractivity contribution in [2.75, 3.05) is 17.4 Å². The Morgan fingerprint density at radius 2 is 1.70 bits per heavy atom. The normalized spacial score (nSPS) is 19.8. The molecule has 1 saturated heterocycles. The smallest absolute Gasteiger partial charge is 0.264 e. The van der Waals surface area contributed by atoms with Crippen LogP contribution in [0.25, 0.3) is 0 Å². The lowest BCUT2D eigenvalue weighted by Crippen LogP contribution is -2.36. The summed E-state index contributed by atoms with van der Waals surface area (Å²) in [6, 6.07) is 13.8. The summed E-state index contributed by atoms with van der Waals surface area (Å²) in [4.78, 5) is 15.0. The molecule has 0 N–H and O–H groups in total. The second kappa shape index (κ2) is 7.00.